The number of amides is 3. The Bertz CT molecular complexity index is 1520. The molecule has 0 radical (unpaired) electrons. The van der Waals surface area contributed by atoms with Crippen molar-refractivity contribution in [3.05, 3.63) is 53.0 Å². The lowest BCUT2D eigenvalue weighted by atomic mass is 9.85. The first-order valence-corrected chi connectivity index (χ1v) is 17.5. The van der Waals surface area contributed by atoms with Crippen LogP contribution in [0.1, 0.15) is 74.3 Å². The number of benzene rings is 1. The Morgan fingerprint density at radius 2 is 1.79 bits per heavy atom. The number of thiophene rings is 1. The molecule has 1 aliphatic rings. The van der Waals surface area contributed by atoms with E-state index >= 15 is 0 Å². The number of aromatic nitrogens is 1. The van der Waals surface area contributed by atoms with Gasteiger partial charge in [0.25, 0.3) is 16.0 Å². The van der Waals surface area contributed by atoms with E-state index < -0.39 is 10.1 Å². The molecule has 1 fully saturated rings. The quantitative estimate of drug-likeness (QED) is 0.171. The van der Waals surface area contributed by atoms with Crippen molar-refractivity contribution >= 4 is 55.1 Å². The third kappa shape index (κ3) is 9.14. The largest absolute Gasteiger partial charge is 0.356 e. The minimum atomic E-state index is -3.91. The van der Waals surface area contributed by atoms with Gasteiger partial charge >= 0.3 is 0 Å². The van der Waals surface area contributed by atoms with E-state index in [1.165, 1.54) is 11.3 Å². The van der Waals surface area contributed by atoms with E-state index in [1.54, 1.807) is 4.90 Å². The van der Waals surface area contributed by atoms with E-state index in [1.807, 2.05) is 60.2 Å². The summed E-state index contributed by atoms with van der Waals surface area (Å²) in [5.74, 6) is -0.606. The number of nitrogens with one attached hydrogen (secondary N) is 2. The van der Waals surface area contributed by atoms with Crippen molar-refractivity contribution < 1.29 is 27.4 Å². The third-order valence-corrected chi connectivity index (χ3v) is 9.70. The molecule has 1 aromatic carbocycles. The molecular weight excluding hydrogens is 588 g/mol. The number of carbonyl (C=O) groups excluding carboxylic acids is 3. The molecule has 3 N–H and O–H groups in total. The summed E-state index contributed by atoms with van der Waals surface area (Å²) in [6, 6.07) is 11.6. The maximum absolute atomic E-state index is 13.5. The first-order chi connectivity index (χ1) is 20.6. The number of fused-ring (bicyclic) bond motifs is 1. The third-order valence-electron chi connectivity index (χ3n) is 8.04. The Kier molecular flexibility index (Phi) is 11.4. The van der Waals surface area contributed by atoms with Crippen LogP contribution in [-0.2, 0) is 26.3 Å². The standard InChI is InChI=1S/C31H42N4O6S2/c1-3-34(25-10-8-9-22(2)19-25)29(36)21-35-26-15-17-42-28(26)20-27(35)31(38)33-24-13-11-23(12-14-24)30(37)32-16-6-4-5-7-18-43(39,40)41/h8-10,15,17,19-20,23-24H,3-7,11-14,16,18,21H2,1-2H3,(H,32,37)(H,33,38)(H,39,40,41)/t23-,24-. The topological polar surface area (TPSA) is 138 Å². The van der Waals surface area contributed by atoms with E-state index in [0.717, 1.165) is 34.3 Å². The molecule has 0 bridgehead atoms. The Balaban J connectivity index is 1.28. The van der Waals surface area contributed by atoms with Gasteiger partial charge in [-0.15, -0.1) is 11.3 Å². The zero-order chi connectivity index (χ0) is 31.0. The van der Waals surface area contributed by atoms with Gasteiger partial charge in [-0.25, -0.2) is 0 Å². The fourth-order valence-corrected chi connectivity index (χ4v) is 7.12. The van der Waals surface area contributed by atoms with Crippen molar-refractivity contribution in [2.75, 3.05) is 23.7 Å². The summed E-state index contributed by atoms with van der Waals surface area (Å²) in [7, 11) is -3.91. The van der Waals surface area contributed by atoms with Gasteiger partial charge in [-0.2, -0.15) is 8.42 Å². The molecule has 10 nitrogen and oxygen atoms in total. The van der Waals surface area contributed by atoms with Crippen LogP contribution in [-0.4, -0.2) is 60.1 Å². The zero-order valence-electron chi connectivity index (χ0n) is 24.9. The van der Waals surface area contributed by atoms with Crippen LogP contribution < -0.4 is 15.5 Å². The second kappa shape index (κ2) is 15.0. The molecule has 43 heavy (non-hydrogen) atoms. The molecule has 0 atom stereocenters. The SMILES string of the molecule is CCN(C(=O)Cn1c(C(=O)N[C@H]2CC[C@H](C(=O)NCCCCCCS(=O)(=O)O)CC2)cc2sccc21)c1cccc(C)c1. The number of aryl methyl sites for hydroxylation is 1. The Morgan fingerprint density at radius 3 is 2.49 bits per heavy atom. The van der Waals surface area contributed by atoms with Gasteiger partial charge in [-0.3, -0.25) is 18.9 Å². The number of likely N-dealkylation sites (N-methyl/N-ethyl adjacent to an activating group) is 1. The zero-order valence-corrected chi connectivity index (χ0v) is 26.5. The van der Waals surface area contributed by atoms with Gasteiger partial charge in [0.1, 0.15) is 12.2 Å². The molecule has 12 heteroatoms. The Labute approximate surface area is 257 Å². The lowest BCUT2D eigenvalue weighted by molar-refractivity contribution is -0.126. The van der Waals surface area contributed by atoms with Gasteiger partial charge in [0.15, 0.2) is 0 Å². The van der Waals surface area contributed by atoms with Gasteiger partial charge in [-0.05, 0) is 87.6 Å². The highest BCUT2D eigenvalue weighted by Crippen LogP contribution is 2.28. The van der Waals surface area contributed by atoms with Crippen LogP contribution in [0.25, 0.3) is 10.2 Å². The summed E-state index contributed by atoms with van der Waals surface area (Å²) < 4.78 is 33.1. The van der Waals surface area contributed by atoms with Crippen LogP contribution in [0.5, 0.6) is 0 Å². The highest BCUT2D eigenvalue weighted by molar-refractivity contribution is 7.85. The van der Waals surface area contributed by atoms with Crippen LogP contribution in [0.4, 0.5) is 5.69 Å². The predicted molar refractivity (Wildman–Crippen MR) is 170 cm³/mol. The molecular formula is C31H42N4O6S2. The second-order valence-corrected chi connectivity index (χ2v) is 13.8. The molecule has 0 spiro atoms. The van der Waals surface area contributed by atoms with Gasteiger partial charge < -0.3 is 20.1 Å². The monoisotopic (exact) mass is 630 g/mol. The number of unbranched alkanes of at least 4 members (excludes halogenated alkanes) is 3. The normalized spacial score (nSPS) is 17.1. The number of rotatable bonds is 14. The number of hydrogen-bond acceptors (Lipinski definition) is 6. The maximum atomic E-state index is 13.5. The number of hydrogen-bond donors (Lipinski definition) is 3. The summed E-state index contributed by atoms with van der Waals surface area (Å²) in [6.07, 6.45) is 5.38. The predicted octanol–water partition coefficient (Wildman–Crippen LogP) is 4.92. The van der Waals surface area contributed by atoms with Gasteiger partial charge in [0.2, 0.25) is 11.8 Å². The lowest BCUT2D eigenvalue weighted by Crippen LogP contribution is -2.42. The van der Waals surface area contributed by atoms with Crippen molar-refractivity contribution in [3.63, 3.8) is 0 Å². The van der Waals surface area contributed by atoms with E-state index in [0.29, 0.717) is 57.3 Å². The average Bonchev–Trinajstić information content (AvgIpc) is 3.55. The second-order valence-electron chi connectivity index (χ2n) is 11.3. The molecule has 2 heterocycles. The molecule has 2 aromatic heterocycles. The van der Waals surface area contributed by atoms with Crippen molar-refractivity contribution in [2.45, 2.75) is 77.8 Å². The molecule has 0 unspecified atom stereocenters. The van der Waals surface area contributed by atoms with Crippen LogP contribution >= 0.6 is 11.3 Å². The Hall–Kier alpha value is -3.22. The van der Waals surface area contributed by atoms with Gasteiger partial charge in [-0.1, -0.05) is 25.0 Å². The van der Waals surface area contributed by atoms with Crippen LogP contribution in [0.15, 0.2) is 41.8 Å². The van der Waals surface area contributed by atoms with Crippen molar-refractivity contribution in [3.8, 4) is 0 Å². The number of anilines is 1. The molecule has 3 aromatic rings. The smallest absolute Gasteiger partial charge is 0.268 e. The van der Waals surface area contributed by atoms with Gasteiger partial charge in [0, 0.05) is 30.7 Å². The number of carbonyl (C=O) groups is 3. The first kappa shape index (κ1) is 32.7. The lowest BCUT2D eigenvalue weighted by Gasteiger charge is -2.28. The highest BCUT2D eigenvalue weighted by Gasteiger charge is 2.28. The average molecular weight is 631 g/mol. The summed E-state index contributed by atoms with van der Waals surface area (Å²) in [4.78, 5) is 41.3. The minimum absolute atomic E-state index is 0.0180. The maximum Gasteiger partial charge on any atom is 0.268 e. The molecule has 4 rings (SSSR count). The van der Waals surface area contributed by atoms with E-state index in [4.69, 9.17) is 4.55 Å². The van der Waals surface area contributed by atoms with Crippen LogP contribution in [0.3, 0.4) is 0 Å². The van der Waals surface area contributed by atoms with Gasteiger partial charge in [0.05, 0.1) is 16.0 Å². The summed E-state index contributed by atoms with van der Waals surface area (Å²) in [5, 5.41) is 8.09. The van der Waals surface area contributed by atoms with E-state index in [9.17, 15) is 22.8 Å². The summed E-state index contributed by atoms with van der Waals surface area (Å²) in [5.41, 5.74) is 3.24. The van der Waals surface area contributed by atoms with Crippen molar-refractivity contribution in [1.82, 2.24) is 15.2 Å². The van der Waals surface area contributed by atoms with Crippen molar-refractivity contribution in [2.24, 2.45) is 5.92 Å². The molecule has 234 valence electrons. The summed E-state index contributed by atoms with van der Waals surface area (Å²) in [6.45, 7) is 5.04. The molecule has 1 saturated carbocycles. The molecule has 1 aliphatic carbocycles. The molecule has 0 aliphatic heterocycles. The molecule has 0 saturated heterocycles. The fourth-order valence-electron chi connectivity index (χ4n) is 5.73. The summed E-state index contributed by atoms with van der Waals surface area (Å²) >= 11 is 1.54. The van der Waals surface area contributed by atoms with E-state index in [2.05, 4.69) is 10.6 Å². The fraction of sp³-hybridized carbons (Fsp3) is 0.516. The first-order valence-electron chi connectivity index (χ1n) is 15.0. The molecule has 3 amide bonds. The van der Waals surface area contributed by atoms with Crippen LogP contribution in [0, 0.1) is 12.8 Å². The minimum Gasteiger partial charge on any atom is -0.356 e. The highest BCUT2D eigenvalue weighted by atomic mass is 32.2. The number of nitrogens with zero attached hydrogens (tertiary/aromatic N) is 2. The van der Waals surface area contributed by atoms with Crippen LogP contribution in [0.2, 0.25) is 0 Å². The van der Waals surface area contributed by atoms with Crippen molar-refractivity contribution in [1.29, 1.82) is 0 Å². The van der Waals surface area contributed by atoms with E-state index in [-0.39, 0.29) is 42.0 Å². The Morgan fingerprint density at radius 1 is 1.05 bits per heavy atom.